The average Bonchev–Trinajstić information content (AvgIpc) is 2.73. The summed E-state index contributed by atoms with van der Waals surface area (Å²) in [5, 5.41) is 8.81. The van der Waals surface area contributed by atoms with Crippen molar-refractivity contribution in [1.29, 1.82) is 0 Å². The molecule has 0 radical (unpaired) electrons. The molecular weight excluding hydrogens is 380 g/mol. The molecule has 0 aliphatic heterocycles. The summed E-state index contributed by atoms with van der Waals surface area (Å²) in [6, 6.07) is 16.2. The van der Waals surface area contributed by atoms with E-state index in [1.165, 1.54) is 11.1 Å². The Bertz CT molecular complexity index is 892. The summed E-state index contributed by atoms with van der Waals surface area (Å²) in [5.74, 6) is -0.496. The number of rotatable bonds is 11. The number of carbonyl (C=O) groups is 2. The summed E-state index contributed by atoms with van der Waals surface area (Å²) in [5.41, 5.74) is 4.22. The number of carboxylic acids is 1. The van der Waals surface area contributed by atoms with Gasteiger partial charge in [-0.3, -0.25) is 0 Å². The zero-order valence-electron chi connectivity index (χ0n) is 17.5. The molecule has 0 unspecified atom stereocenters. The maximum absolute atomic E-state index is 11.4. The quantitative estimate of drug-likeness (QED) is 0.330. The first-order chi connectivity index (χ1) is 14.3. The number of aliphatic carboxylic acids is 1. The Balaban J connectivity index is 1.78. The number of carbonyl (C=O) groups excluding carboxylic acids is 1. The second kappa shape index (κ2) is 11.6. The van der Waals surface area contributed by atoms with Crippen molar-refractivity contribution in [2.45, 2.75) is 33.1 Å². The van der Waals surface area contributed by atoms with E-state index < -0.39 is 5.97 Å². The summed E-state index contributed by atoms with van der Waals surface area (Å²) in [4.78, 5) is 22.1. The van der Waals surface area contributed by atoms with Gasteiger partial charge in [0.2, 0.25) is 0 Å². The molecule has 0 bridgehead atoms. The highest BCUT2D eigenvalue weighted by molar-refractivity contribution is 5.87. The zero-order chi connectivity index (χ0) is 21.9. The topological polar surface area (TPSA) is 72.8 Å². The molecule has 2 aromatic carbocycles. The molecule has 0 heterocycles. The molecule has 0 spiro atoms. The van der Waals surface area contributed by atoms with Crippen molar-refractivity contribution < 1.29 is 24.2 Å². The molecule has 0 aliphatic rings. The number of benzene rings is 2. The van der Waals surface area contributed by atoms with Gasteiger partial charge in [-0.05, 0) is 49.1 Å². The third-order valence-electron chi connectivity index (χ3n) is 4.50. The normalized spacial score (nSPS) is 11.1. The lowest BCUT2D eigenvalue weighted by Crippen LogP contribution is -2.08. The van der Waals surface area contributed by atoms with Crippen LogP contribution >= 0.6 is 0 Å². The third-order valence-corrected chi connectivity index (χ3v) is 4.50. The van der Waals surface area contributed by atoms with Gasteiger partial charge in [-0.15, -0.1) is 0 Å². The van der Waals surface area contributed by atoms with Crippen molar-refractivity contribution in [2.75, 3.05) is 13.2 Å². The van der Waals surface area contributed by atoms with E-state index in [0.717, 1.165) is 17.7 Å². The maximum atomic E-state index is 11.4. The first-order valence-corrected chi connectivity index (χ1v) is 9.87. The Kier molecular flexibility index (Phi) is 8.88. The number of ether oxygens (including phenoxy) is 2. The van der Waals surface area contributed by atoms with Crippen LogP contribution in [0.3, 0.4) is 0 Å². The molecule has 0 atom stereocenters. The summed E-state index contributed by atoms with van der Waals surface area (Å²) < 4.78 is 10.8. The van der Waals surface area contributed by atoms with Gasteiger partial charge in [0.15, 0.2) is 0 Å². The van der Waals surface area contributed by atoms with E-state index in [-0.39, 0.29) is 5.97 Å². The van der Waals surface area contributed by atoms with Crippen LogP contribution in [0.25, 0.3) is 0 Å². The fourth-order valence-electron chi connectivity index (χ4n) is 2.69. The van der Waals surface area contributed by atoms with E-state index in [2.05, 4.69) is 18.7 Å². The van der Waals surface area contributed by atoms with Gasteiger partial charge in [0.25, 0.3) is 0 Å². The van der Waals surface area contributed by atoms with Gasteiger partial charge in [-0.2, -0.15) is 0 Å². The monoisotopic (exact) mass is 408 g/mol. The zero-order valence-corrected chi connectivity index (χ0v) is 17.5. The van der Waals surface area contributed by atoms with Crippen LogP contribution in [0.15, 0.2) is 72.3 Å². The van der Waals surface area contributed by atoms with Crippen LogP contribution in [0.4, 0.5) is 0 Å². The SMILES string of the molecule is C=C(C)C(=O)OCCc1ccc(Cc2ccc(OCCC=C(C)C(=O)O)cc2)cc1. The van der Waals surface area contributed by atoms with Crippen molar-refractivity contribution in [2.24, 2.45) is 0 Å². The molecule has 1 N–H and O–H groups in total. The van der Waals surface area contributed by atoms with Gasteiger partial charge in [-0.1, -0.05) is 49.1 Å². The molecule has 0 fully saturated rings. The Morgan fingerprint density at radius 3 is 2.07 bits per heavy atom. The molecule has 5 nitrogen and oxygen atoms in total. The van der Waals surface area contributed by atoms with Crippen molar-refractivity contribution in [1.82, 2.24) is 0 Å². The summed E-state index contributed by atoms with van der Waals surface area (Å²) in [6.07, 6.45) is 3.70. The Morgan fingerprint density at radius 2 is 1.50 bits per heavy atom. The van der Waals surface area contributed by atoms with Crippen LogP contribution in [0, 0.1) is 0 Å². The van der Waals surface area contributed by atoms with Gasteiger partial charge >= 0.3 is 11.9 Å². The predicted molar refractivity (Wildman–Crippen MR) is 117 cm³/mol. The molecule has 0 saturated heterocycles. The number of hydrogen-bond donors (Lipinski definition) is 1. The largest absolute Gasteiger partial charge is 0.493 e. The van der Waals surface area contributed by atoms with Crippen LogP contribution in [-0.4, -0.2) is 30.3 Å². The highest BCUT2D eigenvalue weighted by Crippen LogP contribution is 2.16. The fourth-order valence-corrected chi connectivity index (χ4v) is 2.69. The molecule has 0 aliphatic carbocycles. The molecule has 0 aromatic heterocycles. The lowest BCUT2D eigenvalue weighted by Gasteiger charge is -2.08. The highest BCUT2D eigenvalue weighted by atomic mass is 16.5. The average molecular weight is 408 g/mol. The minimum Gasteiger partial charge on any atom is -0.493 e. The Morgan fingerprint density at radius 1 is 0.933 bits per heavy atom. The second-order valence-electron chi connectivity index (χ2n) is 7.13. The van der Waals surface area contributed by atoms with Crippen LogP contribution in [-0.2, 0) is 27.2 Å². The van der Waals surface area contributed by atoms with Crippen molar-refractivity contribution in [3.8, 4) is 5.75 Å². The summed E-state index contributed by atoms with van der Waals surface area (Å²) >= 11 is 0. The third kappa shape index (κ3) is 7.95. The van der Waals surface area contributed by atoms with Gasteiger partial charge < -0.3 is 14.6 Å². The van der Waals surface area contributed by atoms with Gasteiger partial charge in [-0.25, -0.2) is 9.59 Å². The van der Waals surface area contributed by atoms with Crippen LogP contribution in [0.1, 0.15) is 37.0 Å². The predicted octanol–water partition coefficient (Wildman–Crippen LogP) is 4.74. The Labute approximate surface area is 177 Å². The lowest BCUT2D eigenvalue weighted by atomic mass is 10.0. The number of esters is 1. The molecule has 0 saturated carbocycles. The van der Waals surface area contributed by atoms with Gasteiger partial charge in [0.1, 0.15) is 5.75 Å². The van der Waals surface area contributed by atoms with E-state index in [4.69, 9.17) is 14.6 Å². The highest BCUT2D eigenvalue weighted by Gasteiger charge is 2.04. The smallest absolute Gasteiger partial charge is 0.333 e. The first-order valence-electron chi connectivity index (χ1n) is 9.87. The molecule has 5 heteroatoms. The summed E-state index contributed by atoms with van der Waals surface area (Å²) in [7, 11) is 0. The minimum absolute atomic E-state index is 0.327. The first kappa shape index (κ1) is 22.9. The van der Waals surface area contributed by atoms with Crippen molar-refractivity contribution in [3.63, 3.8) is 0 Å². The molecule has 30 heavy (non-hydrogen) atoms. The van der Waals surface area contributed by atoms with E-state index >= 15 is 0 Å². The standard InChI is InChI=1S/C25H28O5/c1-18(2)25(28)30-16-14-20-6-8-21(9-7-20)17-22-10-12-23(13-11-22)29-15-4-5-19(3)24(26)27/h5-13H,1,4,14-17H2,2-3H3,(H,26,27). The second-order valence-corrected chi connectivity index (χ2v) is 7.13. The van der Waals surface area contributed by atoms with E-state index in [0.29, 0.717) is 37.2 Å². The summed E-state index contributed by atoms with van der Waals surface area (Å²) in [6.45, 7) is 7.55. The van der Waals surface area contributed by atoms with Crippen LogP contribution in [0.5, 0.6) is 5.75 Å². The van der Waals surface area contributed by atoms with Crippen LogP contribution < -0.4 is 4.74 Å². The maximum Gasteiger partial charge on any atom is 0.333 e. The molecular formula is C25H28O5. The molecule has 0 amide bonds. The molecule has 2 rings (SSSR count). The number of hydrogen-bond acceptors (Lipinski definition) is 4. The molecule has 2 aromatic rings. The van der Waals surface area contributed by atoms with E-state index in [9.17, 15) is 9.59 Å². The number of carboxylic acid groups (broad SMARTS) is 1. The van der Waals surface area contributed by atoms with E-state index in [1.807, 2.05) is 36.4 Å². The lowest BCUT2D eigenvalue weighted by molar-refractivity contribution is -0.138. The van der Waals surface area contributed by atoms with Crippen molar-refractivity contribution in [3.05, 3.63) is 89.0 Å². The van der Waals surface area contributed by atoms with E-state index in [1.54, 1.807) is 19.9 Å². The van der Waals surface area contributed by atoms with Gasteiger partial charge in [0, 0.05) is 24.0 Å². The fraction of sp³-hybridized carbons (Fsp3) is 0.280. The van der Waals surface area contributed by atoms with Crippen LogP contribution in [0.2, 0.25) is 0 Å². The Hall–Kier alpha value is -3.34. The minimum atomic E-state index is -0.904. The molecule has 158 valence electrons. The van der Waals surface area contributed by atoms with Gasteiger partial charge in [0.05, 0.1) is 13.2 Å². The van der Waals surface area contributed by atoms with Crippen molar-refractivity contribution >= 4 is 11.9 Å².